The minimum absolute atomic E-state index is 0.0173. The average molecular weight is 502 g/mol. The molecule has 1 aromatic carbocycles. The molecular weight excluding hydrogens is 485 g/mol. The zero-order valence-electron chi connectivity index (χ0n) is 15.8. The van der Waals surface area contributed by atoms with Crippen LogP contribution >= 0.6 is 58.9 Å². The van der Waals surface area contributed by atoms with Gasteiger partial charge in [0.15, 0.2) is 0 Å². The van der Waals surface area contributed by atoms with Gasteiger partial charge in [-0.25, -0.2) is 0 Å². The van der Waals surface area contributed by atoms with E-state index in [-0.39, 0.29) is 18.9 Å². The van der Waals surface area contributed by atoms with Crippen LogP contribution in [0.25, 0.3) is 6.08 Å². The van der Waals surface area contributed by atoms with Gasteiger partial charge in [0.2, 0.25) is 0 Å². The fourth-order valence-corrected chi connectivity index (χ4v) is 5.18. The molecule has 2 aromatic rings. The number of aliphatic carboxylic acids is 1. The number of carbonyl (C=O) groups is 2. The minimum atomic E-state index is -0.902. The summed E-state index contributed by atoms with van der Waals surface area (Å²) in [5.74, 6) is -0.583. The Morgan fingerprint density at radius 3 is 2.70 bits per heavy atom. The van der Waals surface area contributed by atoms with E-state index >= 15 is 0 Å². The number of rotatable bonds is 8. The number of aromatic nitrogens is 2. The second-order valence-corrected chi connectivity index (χ2v) is 9.87. The molecule has 158 valence electrons. The Morgan fingerprint density at radius 1 is 1.33 bits per heavy atom. The average Bonchev–Trinajstić information content (AvgIpc) is 3.12. The maximum absolute atomic E-state index is 12.8. The summed E-state index contributed by atoms with van der Waals surface area (Å²) in [5, 5.41) is 14.4. The van der Waals surface area contributed by atoms with Crippen LogP contribution in [0.15, 0.2) is 34.1 Å². The lowest BCUT2D eigenvalue weighted by Crippen LogP contribution is -2.29. The molecule has 2 heterocycles. The number of halogens is 2. The highest BCUT2D eigenvalue weighted by atomic mass is 35.5. The van der Waals surface area contributed by atoms with Crippen molar-refractivity contribution >= 4 is 81.2 Å². The van der Waals surface area contributed by atoms with Crippen molar-refractivity contribution in [2.45, 2.75) is 23.5 Å². The van der Waals surface area contributed by atoms with Gasteiger partial charge in [0.05, 0.1) is 10.6 Å². The number of hydrogen-bond donors (Lipinski definition) is 1. The fourth-order valence-electron chi connectivity index (χ4n) is 2.72. The molecule has 11 heteroatoms. The van der Waals surface area contributed by atoms with E-state index in [9.17, 15) is 9.59 Å². The van der Waals surface area contributed by atoms with Crippen LogP contribution in [0.3, 0.4) is 0 Å². The van der Waals surface area contributed by atoms with Crippen molar-refractivity contribution < 1.29 is 14.7 Å². The summed E-state index contributed by atoms with van der Waals surface area (Å²) in [5.41, 5.74) is 1.42. The topological polar surface area (TPSA) is 75.4 Å². The van der Waals surface area contributed by atoms with Crippen LogP contribution in [0.4, 0.5) is 0 Å². The highest BCUT2D eigenvalue weighted by Gasteiger charge is 2.32. The minimum Gasteiger partial charge on any atom is -0.481 e. The summed E-state index contributed by atoms with van der Waals surface area (Å²) in [6, 6.07) is 7.51. The van der Waals surface area contributed by atoms with Crippen LogP contribution in [-0.2, 0) is 22.4 Å². The third kappa shape index (κ3) is 5.59. The Kier molecular flexibility index (Phi) is 7.86. The number of nitrogens with zero attached hydrogens (tertiary/aromatic N) is 3. The Labute approximate surface area is 197 Å². The first-order chi connectivity index (χ1) is 14.3. The van der Waals surface area contributed by atoms with Crippen LogP contribution in [0.5, 0.6) is 0 Å². The Balaban J connectivity index is 1.77. The van der Waals surface area contributed by atoms with Gasteiger partial charge in [0.1, 0.15) is 9.47 Å². The summed E-state index contributed by atoms with van der Waals surface area (Å²) in [4.78, 5) is 26.4. The largest absolute Gasteiger partial charge is 0.481 e. The number of carbonyl (C=O) groups excluding carboxylic acids is 1. The highest BCUT2D eigenvalue weighted by Crippen LogP contribution is 2.36. The van der Waals surface area contributed by atoms with Crippen molar-refractivity contribution in [2.75, 3.05) is 6.54 Å². The Hall–Kier alpha value is -1.52. The highest BCUT2D eigenvalue weighted by molar-refractivity contribution is 8.26. The molecule has 3 rings (SSSR count). The first kappa shape index (κ1) is 23.1. The summed E-state index contributed by atoms with van der Waals surface area (Å²) in [7, 11) is 1.74. The second-order valence-electron chi connectivity index (χ2n) is 6.35. The smallest absolute Gasteiger partial charge is 0.303 e. The van der Waals surface area contributed by atoms with E-state index in [1.807, 2.05) is 24.3 Å². The zero-order chi connectivity index (χ0) is 21.8. The molecule has 1 aliphatic rings. The molecule has 0 atom stereocenters. The van der Waals surface area contributed by atoms with Crippen LogP contribution in [-0.4, -0.2) is 42.5 Å². The molecule has 0 aliphatic carbocycles. The number of amides is 1. The number of thiocarbonyl (C=S) groups is 1. The van der Waals surface area contributed by atoms with Crippen molar-refractivity contribution in [1.29, 1.82) is 0 Å². The maximum atomic E-state index is 12.8. The lowest BCUT2D eigenvalue weighted by Gasteiger charge is -2.13. The van der Waals surface area contributed by atoms with E-state index in [0.717, 1.165) is 10.6 Å². The van der Waals surface area contributed by atoms with E-state index < -0.39 is 5.97 Å². The molecule has 30 heavy (non-hydrogen) atoms. The third-order valence-corrected chi connectivity index (χ3v) is 7.30. The van der Waals surface area contributed by atoms with Crippen molar-refractivity contribution in [2.24, 2.45) is 7.05 Å². The lowest BCUT2D eigenvalue weighted by atomic mass is 10.2. The normalized spacial score (nSPS) is 15.4. The summed E-state index contributed by atoms with van der Waals surface area (Å²) in [6.07, 6.45) is 2.03. The van der Waals surface area contributed by atoms with Gasteiger partial charge >= 0.3 is 5.97 Å². The van der Waals surface area contributed by atoms with E-state index in [2.05, 4.69) is 5.10 Å². The van der Waals surface area contributed by atoms with Gasteiger partial charge in [-0.15, -0.1) is 11.8 Å². The van der Waals surface area contributed by atoms with E-state index in [0.29, 0.717) is 37.1 Å². The van der Waals surface area contributed by atoms with Gasteiger partial charge in [-0.05, 0) is 36.8 Å². The maximum Gasteiger partial charge on any atom is 0.303 e. The Bertz CT molecular complexity index is 1020. The molecule has 1 fully saturated rings. The predicted molar refractivity (Wildman–Crippen MR) is 126 cm³/mol. The molecule has 1 saturated heterocycles. The lowest BCUT2D eigenvalue weighted by molar-refractivity contribution is -0.137. The molecule has 6 nitrogen and oxygen atoms in total. The molecule has 0 radical (unpaired) electrons. The summed E-state index contributed by atoms with van der Waals surface area (Å²) >= 11 is 20.4. The Morgan fingerprint density at radius 2 is 2.03 bits per heavy atom. The quantitative estimate of drug-likeness (QED) is 0.306. The number of aryl methyl sites for hydroxylation is 1. The fraction of sp³-hybridized carbons (Fsp3) is 0.263. The summed E-state index contributed by atoms with van der Waals surface area (Å²) < 4.78 is 1.98. The predicted octanol–water partition coefficient (Wildman–Crippen LogP) is 5.09. The van der Waals surface area contributed by atoms with Crippen LogP contribution < -0.4 is 0 Å². The van der Waals surface area contributed by atoms with Crippen molar-refractivity contribution in [3.63, 3.8) is 0 Å². The molecule has 0 saturated carbocycles. The van der Waals surface area contributed by atoms with E-state index in [1.165, 1.54) is 16.7 Å². The van der Waals surface area contributed by atoms with Gasteiger partial charge < -0.3 is 5.11 Å². The number of thioether (sulfide) groups is 2. The molecule has 0 unspecified atom stereocenters. The number of carboxylic acids is 1. The van der Waals surface area contributed by atoms with Crippen LogP contribution in [0.1, 0.15) is 24.1 Å². The van der Waals surface area contributed by atoms with Crippen LogP contribution in [0.2, 0.25) is 10.2 Å². The molecular formula is C19H17Cl2N3O3S3. The van der Waals surface area contributed by atoms with Gasteiger partial charge in [-0.1, -0.05) is 47.2 Å². The van der Waals surface area contributed by atoms with Crippen molar-refractivity contribution in [1.82, 2.24) is 14.7 Å². The first-order valence-corrected chi connectivity index (χ1v) is 11.8. The molecule has 0 bridgehead atoms. The van der Waals surface area contributed by atoms with Crippen molar-refractivity contribution in [3.8, 4) is 0 Å². The monoisotopic (exact) mass is 501 g/mol. The SMILES string of the molecule is Cn1nc(CSc2ccc(Cl)cc2)c(C=C2SC(=S)N(CCCC(=O)O)C2=O)c1Cl. The second kappa shape index (κ2) is 10.2. The number of carboxylic acid groups (broad SMARTS) is 1. The first-order valence-electron chi connectivity index (χ1n) is 8.83. The van der Waals surface area contributed by atoms with Gasteiger partial charge in [0, 0.05) is 41.2 Å². The summed E-state index contributed by atoms with van der Waals surface area (Å²) in [6.45, 7) is 0.272. The molecule has 1 aliphatic heterocycles. The third-order valence-electron chi connectivity index (χ3n) is 4.20. The molecule has 1 aromatic heterocycles. The van der Waals surface area contributed by atoms with Gasteiger partial charge in [-0.3, -0.25) is 19.2 Å². The standard InChI is InChI=1S/C19H17Cl2N3O3S3/c1-23-17(21)13(14(22-23)10-29-12-6-4-11(20)5-7-12)9-15-18(27)24(19(28)30-15)8-2-3-16(25)26/h4-7,9H,2-3,8,10H2,1H3,(H,25,26). The number of benzene rings is 1. The molecule has 1 N–H and O–H groups in total. The molecule has 1 amide bonds. The van der Waals surface area contributed by atoms with E-state index in [4.69, 9.17) is 40.5 Å². The van der Waals surface area contributed by atoms with Gasteiger partial charge in [-0.2, -0.15) is 5.10 Å². The van der Waals surface area contributed by atoms with Crippen LogP contribution in [0, 0.1) is 0 Å². The van der Waals surface area contributed by atoms with E-state index in [1.54, 1.807) is 29.6 Å². The van der Waals surface area contributed by atoms with Crippen molar-refractivity contribution in [3.05, 3.63) is 50.6 Å². The molecule has 0 spiro atoms. The number of hydrogen-bond acceptors (Lipinski definition) is 6. The van der Waals surface area contributed by atoms with Gasteiger partial charge in [0.25, 0.3) is 5.91 Å². The zero-order valence-corrected chi connectivity index (χ0v) is 19.8.